The molecule has 88 valence electrons. The Labute approximate surface area is 97.6 Å². The number of hydrogen-bond acceptors (Lipinski definition) is 6. The lowest BCUT2D eigenvalue weighted by molar-refractivity contribution is -0.135. The molecule has 1 unspecified atom stereocenters. The Morgan fingerprint density at radius 2 is 2.38 bits per heavy atom. The van der Waals surface area contributed by atoms with Gasteiger partial charge in [-0.05, 0) is 6.92 Å². The van der Waals surface area contributed by atoms with Crippen molar-refractivity contribution in [3.63, 3.8) is 0 Å². The second kappa shape index (κ2) is 5.22. The molecule has 1 atom stereocenters. The Balaban J connectivity index is 1.88. The van der Waals surface area contributed by atoms with Crippen molar-refractivity contribution in [2.45, 2.75) is 13.0 Å². The van der Waals surface area contributed by atoms with Crippen molar-refractivity contribution < 1.29 is 9.53 Å². The number of aromatic nitrogens is 2. The lowest BCUT2D eigenvalue weighted by Crippen LogP contribution is -2.46. The van der Waals surface area contributed by atoms with Crippen molar-refractivity contribution >= 4 is 22.4 Å². The van der Waals surface area contributed by atoms with Gasteiger partial charge < -0.3 is 15.0 Å². The number of carbonyl (C=O) groups is 1. The van der Waals surface area contributed by atoms with Crippen molar-refractivity contribution in [1.82, 2.24) is 15.1 Å². The van der Waals surface area contributed by atoms with Gasteiger partial charge in [-0.15, -0.1) is 10.2 Å². The quantitative estimate of drug-likeness (QED) is 0.820. The molecule has 7 heteroatoms. The minimum atomic E-state index is -0.272. The summed E-state index contributed by atoms with van der Waals surface area (Å²) < 4.78 is 5.20. The summed E-state index contributed by atoms with van der Waals surface area (Å²) in [6, 6.07) is -0.272. The summed E-state index contributed by atoms with van der Waals surface area (Å²) in [6.45, 7) is 4.41. The van der Waals surface area contributed by atoms with E-state index < -0.39 is 0 Å². The molecule has 0 radical (unpaired) electrons. The van der Waals surface area contributed by atoms with Gasteiger partial charge in [-0.1, -0.05) is 11.3 Å². The van der Waals surface area contributed by atoms with Crippen molar-refractivity contribution in [2.24, 2.45) is 0 Å². The molecule has 1 aromatic rings. The second-order valence-electron chi connectivity index (χ2n) is 3.55. The van der Waals surface area contributed by atoms with E-state index in [1.54, 1.807) is 5.51 Å². The van der Waals surface area contributed by atoms with E-state index in [1.165, 1.54) is 11.3 Å². The van der Waals surface area contributed by atoms with E-state index in [9.17, 15) is 4.79 Å². The van der Waals surface area contributed by atoms with Crippen LogP contribution in [0.1, 0.15) is 6.92 Å². The highest BCUT2D eigenvalue weighted by Gasteiger charge is 2.22. The first-order valence-electron chi connectivity index (χ1n) is 5.16. The summed E-state index contributed by atoms with van der Waals surface area (Å²) in [7, 11) is 0. The Morgan fingerprint density at radius 3 is 3.00 bits per heavy atom. The molecule has 1 N–H and O–H groups in total. The van der Waals surface area contributed by atoms with Gasteiger partial charge in [-0.2, -0.15) is 0 Å². The van der Waals surface area contributed by atoms with Crippen LogP contribution < -0.4 is 5.32 Å². The lowest BCUT2D eigenvalue weighted by Gasteiger charge is -2.29. The average Bonchev–Trinajstić information content (AvgIpc) is 2.82. The number of ether oxygens (including phenoxy) is 1. The van der Waals surface area contributed by atoms with Gasteiger partial charge in [-0.25, -0.2) is 0 Å². The minimum absolute atomic E-state index is 0.0819. The van der Waals surface area contributed by atoms with Gasteiger partial charge in [0.15, 0.2) is 0 Å². The molecule has 0 saturated carbocycles. The second-order valence-corrected chi connectivity index (χ2v) is 4.38. The lowest BCUT2D eigenvalue weighted by atomic mass is 10.2. The largest absolute Gasteiger partial charge is 0.378 e. The van der Waals surface area contributed by atoms with E-state index in [1.807, 2.05) is 11.8 Å². The van der Waals surface area contributed by atoms with E-state index in [4.69, 9.17) is 4.74 Å². The Bertz CT molecular complexity index is 337. The molecular formula is C9H14N4O2S. The molecule has 1 aliphatic rings. The highest BCUT2D eigenvalue weighted by atomic mass is 32.1. The highest BCUT2D eigenvalue weighted by molar-refractivity contribution is 7.13. The molecule has 1 amide bonds. The van der Waals surface area contributed by atoms with Crippen LogP contribution in [0.25, 0.3) is 0 Å². The zero-order valence-electron chi connectivity index (χ0n) is 9.05. The third-order valence-electron chi connectivity index (χ3n) is 2.39. The van der Waals surface area contributed by atoms with E-state index in [2.05, 4.69) is 15.5 Å². The summed E-state index contributed by atoms with van der Waals surface area (Å²) in [5.74, 6) is 0.0819. The summed E-state index contributed by atoms with van der Waals surface area (Å²) >= 11 is 1.39. The average molecular weight is 242 g/mol. The van der Waals surface area contributed by atoms with E-state index in [0.717, 1.165) is 0 Å². The maximum atomic E-state index is 12.0. The molecule has 1 saturated heterocycles. The van der Waals surface area contributed by atoms with Crippen LogP contribution in [0.3, 0.4) is 0 Å². The third kappa shape index (κ3) is 2.67. The predicted molar refractivity (Wildman–Crippen MR) is 60.4 cm³/mol. The molecule has 1 fully saturated rings. The van der Waals surface area contributed by atoms with E-state index in [-0.39, 0.29) is 11.9 Å². The van der Waals surface area contributed by atoms with Gasteiger partial charge in [0.1, 0.15) is 11.6 Å². The van der Waals surface area contributed by atoms with Crippen molar-refractivity contribution in [3.8, 4) is 0 Å². The van der Waals surface area contributed by atoms with Crippen LogP contribution in [0.15, 0.2) is 5.51 Å². The molecule has 0 aliphatic carbocycles. The first kappa shape index (κ1) is 11.3. The molecule has 2 rings (SSSR count). The minimum Gasteiger partial charge on any atom is -0.378 e. The molecule has 0 spiro atoms. The highest BCUT2D eigenvalue weighted by Crippen LogP contribution is 2.11. The molecule has 1 aliphatic heterocycles. The fourth-order valence-electron chi connectivity index (χ4n) is 1.54. The molecule has 16 heavy (non-hydrogen) atoms. The Hall–Kier alpha value is -1.21. The van der Waals surface area contributed by atoms with Gasteiger partial charge in [0, 0.05) is 13.1 Å². The number of rotatable bonds is 3. The SMILES string of the molecule is CC(Nc1nncs1)C(=O)N1CCOCC1. The number of nitrogens with zero attached hydrogens (tertiary/aromatic N) is 3. The van der Waals surface area contributed by atoms with Gasteiger partial charge in [-0.3, -0.25) is 4.79 Å². The van der Waals surface area contributed by atoms with Crippen molar-refractivity contribution in [2.75, 3.05) is 31.6 Å². The molecular weight excluding hydrogens is 228 g/mol. The number of nitrogens with one attached hydrogen (secondary N) is 1. The van der Waals surface area contributed by atoms with Crippen LogP contribution in [0.4, 0.5) is 5.13 Å². The first-order valence-corrected chi connectivity index (χ1v) is 6.04. The van der Waals surface area contributed by atoms with Gasteiger partial charge in [0.25, 0.3) is 0 Å². The van der Waals surface area contributed by atoms with Gasteiger partial charge >= 0.3 is 0 Å². The number of amides is 1. The number of morpholine rings is 1. The van der Waals surface area contributed by atoms with Crippen molar-refractivity contribution in [3.05, 3.63) is 5.51 Å². The zero-order valence-corrected chi connectivity index (χ0v) is 9.87. The molecule has 1 aromatic heterocycles. The fraction of sp³-hybridized carbons (Fsp3) is 0.667. The third-order valence-corrected chi connectivity index (χ3v) is 3.02. The maximum absolute atomic E-state index is 12.0. The smallest absolute Gasteiger partial charge is 0.245 e. The van der Waals surface area contributed by atoms with Crippen LogP contribution in [-0.4, -0.2) is 53.3 Å². The van der Waals surface area contributed by atoms with E-state index >= 15 is 0 Å². The van der Waals surface area contributed by atoms with Crippen LogP contribution in [0.5, 0.6) is 0 Å². The van der Waals surface area contributed by atoms with Crippen LogP contribution in [-0.2, 0) is 9.53 Å². The molecule has 2 heterocycles. The summed E-state index contributed by atoms with van der Waals surface area (Å²) in [4.78, 5) is 13.8. The van der Waals surface area contributed by atoms with Crippen LogP contribution >= 0.6 is 11.3 Å². The predicted octanol–water partition coefficient (Wildman–Crippen LogP) is 0.197. The van der Waals surface area contributed by atoms with Gasteiger partial charge in [0.05, 0.1) is 13.2 Å². The van der Waals surface area contributed by atoms with E-state index in [0.29, 0.717) is 31.4 Å². The molecule has 0 aromatic carbocycles. The first-order chi connectivity index (χ1) is 7.77. The normalized spacial score (nSPS) is 18.2. The monoisotopic (exact) mass is 242 g/mol. The number of anilines is 1. The van der Waals surface area contributed by atoms with Crippen molar-refractivity contribution in [1.29, 1.82) is 0 Å². The number of hydrogen-bond donors (Lipinski definition) is 1. The molecule has 0 bridgehead atoms. The zero-order chi connectivity index (χ0) is 11.4. The standard InChI is InChI=1S/C9H14N4O2S/c1-7(11-9-12-10-6-16-9)8(14)13-2-4-15-5-3-13/h6-7H,2-5H2,1H3,(H,11,12). The van der Waals surface area contributed by atoms with Gasteiger partial charge in [0.2, 0.25) is 11.0 Å². The van der Waals surface area contributed by atoms with Crippen LogP contribution in [0.2, 0.25) is 0 Å². The summed E-state index contributed by atoms with van der Waals surface area (Å²) in [6.07, 6.45) is 0. The Kier molecular flexibility index (Phi) is 3.68. The topological polar surface area (TPSA) is 67.4 Å². The fourth-order valence-corrected chi connectivity index (χ4v) is 2.07. The van der Waals surface area contributed by atoms with Crippen LogP contribution in [0, 0.1) is 0 Å². The summed E-state index contributed by atoms with van der Waals surface area (Å²) in [5, 5.41) is 11.3. The number of carbonyl (C=O) groups excluding carboxylic acids is 1. The summed E-state index contributed by atoms with van der Waals surface area (Å²) in [5.41, 5.74) is 1.63. The Morgan fingerprint density at radius 1 is 1.62 bits per heavy atom. The maximum Gasteiger partial charge on any atom is 0.245 e. The molecule has 6 nitrogen and oxygen atoms in total.